The van der Waals surface area contributed by atoms with Crippen LogP contribution in [-0.2, 0) is 10.8 Å². The highest BCUT2D eigenvalue weighted by molar-refractivity contribution is 7.85. The fourth-order valence-electron chi connectivity index (χ4n) is 1.29. The Balaban J connectivity index is 2.47. The van der Waals surface area contributed by atoms with E-state index in [4.69, 9.17) is 5.26 Å². The van der Waals surface area contributed by atoms with E-state index in [1.807, 2.05) is 6.07 Å². The van der Waals surface area contributed by atoms with Gasteiger partial charge in [-0.1, -0.05) is 18.2 Å². The van der Waals surface area contributed by atoms with Crippen LogP contribution in [0.5, 0.6) is 0 Å². The number of rotatable bonds is 2. The molecule has 0 radical (unpaired) electrons. The number of nitriles is 1. The fraction of sp³-hybridized carbons (Fsp3) is 0. The molecule has 4 heteroatoms. The maximum atomic E-state index is 12.1. The highest BCUT2D eigenvalue weighted by Gasteiger charge is 2.11. The molecule has 1 atom stereocenters. The Hall–Kier alpha value is -1.99. The van der Waals surface area contributed by atoms with Crippen molar-refractivity contribution in [3.8, 4) is 6.07 Å². The molecule has 0 N–H and O–H groups in total. The molecule has 78 valence electrons. The molecule has 2 aromatic rings. The van der Waals surface area contributed by atoms with Gasteiger partial charge in [0.25, 0.3) is 0 Å². The third-order valence-corrected chi connectivity index (χ3v) is 3.41. The predicted molar refractivity (Wildman–Crippen MR) is 60.1 cm³/mol. The van der Waals surface area contributed by atoms with Gasteiger partial charge in [-0.25, -0.2) is 9.19 Å². The van der Waals surface area contributed by atoms with Crippen LogP contribution in [0.25, 0.3) is 0 Å². The average molecular weight is 228 g/mol. The Morgan fingerprint density at radius 2 is 1.88 bits per heavy atom. The third kappa shape index (κ3) is 2.00. The van der Waals surface area contributed by atoms with Crippen molar-refractivity contribution < 1.29 is 4.21 Å². The number of pyridine rings is 1. The summed E-state index contributed by atoms with van der Waals surface area (Å²) in [4.78, 5) is 4.52. The standard InChI is InChI=1S/C12H8N2OS/c13-9-10-5-1-2-6-11(10)16(15)12-7-3-4-8-14-12/h1-8H. The van der Waals surface area contributed by atoms with E-state index in [9.17, 15) is 4.21 Å². The van der Waals surface area contributed by atoms with Crippen molar-refractivity contribution in [1.29, 1.82) is 5.26 Å². The molecule has 0 saturated heterocycles. The zero-order valence-corrected chi connectivity index (χ0v) is 9.15. The second kappa shape index (κ2) is 4.69. The molecular weight excluding hydrogens is 220 g/mol. The van der Waals surface area contributed by atoms with Crippen molar-refractivity contribution in [3.05, 3.63) is 54.2 Å². The molecule has 0 spiro atoms. The summed E-state index contributed by atoms with van der Waals surface area (Å²) in [6.45, 7) is 0. The van der Waals surface area contributed by atoms with Gasteiger partial charge in [0.15, 0.2) is 0 Å². The van der Waals surface area contributed by atoms with Crippen molar-refractivity contribution >= 4 is 10.8 Å². The molecule has 0 aliphatic rings. The molecule has 16 heavy (non-hydrogen) atoms. The summed E-state index contributed by atoms with van der Waals surface area (Å²) in [7, 11) is -1.39. The summed E-state index contributed by atoms with van der Waals surface area (Å²) in [5.41, 5.74) is 0.423. The van der Waals surface area contributed by atoms with Gasteiger partial charge >= 0.3 is 0 Å². The smallest absolute Gasteiger partial charge is 0.132 e. The molecule has 1 aromatic carbocycles. The Morgan fingerprint density at radius 3 is 2.56 bits per heavy atom. The second-order valence-corrected chi connectivity index (χ2v) is 4.44. The summed E-state index contributed by atoms with van der Waals surface area (Å²) in [5.74, 6) is 0. The lowest BCUT2D eigenvalue weighted by Crippen LogP contribution is -1.97. The lowest BCUT2D eigenvalue weighted by molar-refractivity contribution is 0.680. The van der Waals surface area contributed by atoms with Crippen molar-refractivity contribution in [3.63, 3.8) is 0 Å². The fourth-order valence-corrected chi connectivity index (χ4v) is 2.39. The van der Waals surface area contributed by atoms with E-state index in [0.717, 1.165) is 0 Å². The van der Waals surface area contributed by atoms with E-state index in [1.54, 1.807) is 48.7 Å². The highest BCUT2D eigenvalue weighted by Crippen LogP contribution is 2.17. The first-order valence-corrected chi connectivity index (χ1v) is 5.80. The Kier molecular flexibility index (Phi) is 3.08. The van der Waals surface area contributed by atoms with Crippen molar-refractivity contribution in [2.45, 2.75) is 9.92 Å². The highest BCUT2D eigenvalue weighted by atomic mass is 32.2. The lowest BCUT2D eigenvalue weighted by Gasteiger charge is -2.02. The van der Waals surface area contributed by atoms with E-state index in [1.165, 1.54) is 0 Å². The summed E-state index contributed by atoms with van der Waals surface area (Å²) in [6.07, 6.45) is 1.59. The topological polar surface area (TPSA) is 53.8 Å². The summed E-state index contributed by atoms with van der Waals surface area (Å²) in [5, 5.41) is 9.37. The van der Waals surface area contributed by atoms with Crippen molar-refractivity contribution in [2.24, 2.45) is 0 Å². The number of benzene rings is 1. The maximum absolute atomic E-state index is 12.1. The van der Waals surface area contributed by atoms with Crippen LogP contribution in [0, 0.1) is 11.3 Å². The van der Waals surface area contributed by atoms with Gasteiger partial charge in [-0.2, -0.15) is 5.26 Å². The molecule has 0 aliphatic carbocycles. The largest absolute Gasteiger partial charge is 0.247 e. The Labute approximate surface area is 95.8 Å². The summed E-state index contributed by atoms with van der Waals surface area (Å²) < 4.78 is 12.1. The first kappa shape index (κ1) is 10.5. The lowest BCUT2D eigenvalue weighted by atomic mass is 10.2. The van der Waals surface area contributed by atoms with Gasteiger partial charge in [0, 0.05) is 6.20 Å². The zero-order chi connectivity index (χ0) is 11.4. The van der Waals surface area contributed by atoms with Crippen molar-refractivity contribution in [2.75, 3.05) is 0 Å². The van der Waals surface area contributed by atoms with E-state index >= 15 is 0 Å². The quantitative estimate of drug-likeness (QED) is 0.791. The molecule has 0 aliphatic heterocycles. The number of hydrogen-bond donors (Lipinski definition) is 0. The normalized spacial score (nSPS) is 11.7. The number of hydrogen-bond acceptors (Lipinski definition) is 3. The number of nitrogens with zero attached hydrogens (tertiary/aromatic N) is 2. The van der Waals surface area contributed by atoms with Crippen molar-refractivity contribution in [1.82, 2.24) is 4.98 Å². The van der Waals surface area contributed by atoms with Crippen LogP contribution in [0.4, 0.5) is 0 Å². The van der Waals surface area contributed by atoms with Gasteiger partial charge in [0.1, 0.15) is 21.9 Å². The Morgan fingerprint density at radius 1 is 1.12 bits per heavy atom. The first-order valence-electron chi connectivity index (χ1n) is 4.65. The SMILES string of the molecule is N#Cc1ccccc1S(=O)c1ccccn1. The third-order valence-electron chi connectivity index (χ3n) is 2.03. The van der Waals surface area contributed by atoms with E-state index < -0.39 is 10.8 Å². The van der Waals surface area contributed by atoms with Gasteiger partial charge in [-0.15, -0.1) is 0 Å². The van der Waals surface area contributed by atoms with Gasteiger partial charge < -0.3 is 0 Å². The van der Waals surface area contributed by atoms with Gasteiger partial charge in [0.05, 0.1) is 10.5 Å². The van der Waals surface area contributed by atoms with Gasteiger partial charge in [-0.05, 0) is 24.3 Å². The first-order chi connectivity index (χ1) is 7.83. The molecule has 0 saturated carbocycles. The molecule has 0 fully saturated rings. The molecule has 0 amide bonds. The summed E-state index contributed by atoms with van der Waals surface area (Å²) >= 11 is 0. The maximum Gasteiger partial charge on any atom is 0.132 e. The molecule has 2 rings (SSSR count). The minimum Gasteiger partial charge on any atom is -0.247 e. The van der Waals surface area contributed by atoms with Crippen LogP contribution in [0.2, 0.25) is 0 Å². The number of aromatic nitrogens is 1. The van der Waals surface area contributed by atoms with Gasteiger partial charge in [-0.3, -0.25) is 0 Å². The molecule has 1 heterocycles. The molecule has 1 aromatic heterocycles. The minimum atomic E-state index is -1.39. The molecule has 3 nitrogen and oxygen atoms in total. The van der Waals surface area contributed by atoms with Crippen LogP contribution >= 0.6 is 0 Å². The van der Waals surface area contributed by atoms with Crippen LogP contribution in [0.3, 0.4) is 0 Å². The minimum absolute atomic E-state index is 0.423. The molecule has 1 unspecified atom stereocenters. The molecular formula is C12H8N2OS. The predicted octanol–water partition coefficient (Wildman–Crippen LogP) is 2.12. The van der Waals surface area contributed by atoms with Gasteiger partial charge in [0.2, 0.25) is 0 Å². The van der Waals surface area contributed by atoms with Crippen LogP contribution in [-0.4, -0.2) is 9.19 Å². The van der Waals surface area contributed by atoms with E-state index in [0.29, 0.717) is 15.5 Å². The second-order valence-electron chi connectivity index (χ2n) is 3.04. The Bertz CT molecular complexity index is 561. The monoisotopic (exact) mass is 228 g/mol. The molecule has 0 bridgehead atoms. The average Bonchev–Trinajstić information content (AvgIpc) is 2.39. The summed E-state index contributed by atoms with van der Waals surface area (Å²) in [6, 6.07) is 14.1. The zero-order valence-electron chi connectivity index (χ0n) is 8.33. The van der Waals surface area contributed by atoms with Crippen LogP contribution < -0.4 is 0 Å². The van der Waals surface area contributed by atoms with E-state index in [-0.39, 0.29) is 0 Å². The van der Waals surface area contributed by atoms with E-state index in [2.05, 4.69) is 4.98 Å². The van der Waals surface area contributed by atoms with Crippen LogP contribution in [0.15, 0.2) is 58.6 Å². The van der Waals surface area contributed by atoms with Crippen LogP contribution in [0.1, 0.15) is 5.56 Å².